The van der Waals surface area contributed by atoms with E-state index in [1.54, 1.807) is 0 Å². The minimum Gasteiger partial charge on any atom is -0.311 e. The van der Waals surface area contributed by atoms with E-state index in [9.17, 15) is 4.11 Å². The molecule has 4 aliphatic carbocycles. The Labute approximate surface area is 245 Å². The number of benzene rings is 5. The summed E-state index contributed by atoms with van der Waals surface area (Å²) in [5.74, 6) is 0. The second-order valence-electron chi connectivity index (χ2n) is 12.9. The lowest BCUT2D eigenvalue weighted by molar-refractivity contribution is 0.836. The molecule has 0 radical (unpaired) electrons. The van der Waals surface area contributed by atoms with Crippen LogP contribution in [0.4, 0.5) is 34.1 Å². The summed E-state index contributed by atoms with van der Waals surface area (Å²) in [5, 5.41) is 0. The summed E-state index contributed by atoms with van der Waals surface area (Å²) >= 11 is 0. The number of hydrogen-bond acceptors (Lipinski definition) is 2. The second kappa shape index (κ2) is 7.34. The van der Waals surface area contributed by atoms with E-state index in [0.29, 0.717) is 0 Å². The van der Waals surface area contributed by atoms with Gasteiger partial charge < -0.3 is 9.80 Å². The third-order valence-corrected chi connectivity index (χ3v) is 11.0. The normalized spacial score (nSPS) is 18.3. The van der Waals surface area contributed by atoms with Crippen LogP contribution in [-0.2, 0) is 51.4 Å². The molecule has 0 saturated heterocycles. The first kappa shape index (κ1) is 19.0. The van der Waals surface area contributed by atoms with E-state index in [2.05, 4.69) is 70.5 Å². The molecule has 5 aromatic carbocycles. The molecule has 194 valence electrons. The van der Waals surface area contributed by atoms with E-state index in [1.807, 2.05) is 0 Å². The molecule has 0 aromatic heterocycles. The molecular weight excluding hydrogens is 495 g/mol. The van der Waals surface area contributed by atoms with Gasteiger partial charge in [0.2, 0.25) is 0 Å². The maximum atomic E-state index is 9.49. The Balaban J connectivity index is 1.28. The molecule has 0 fully saturated rings. The highest BCUT2D eigenvalue weighted by molar-refractivity contribution is 7.00. The molecule has 0 N–H and O–H groups in total. The SMILES string of the molecule is [2H]c1c([2H])c2c3c(c1[2H])N(c1ccc4c(c1)CC4)c1cc4c(cc1B3c1cc3c(cc1N2c1ccc2c(c1)CC2)CC3)CC4. The van der Waals surface area contributed by atoms with Gasteiger partial charge in [0.25, 0.3) is 6.71 Å². The van der Waals surface area contributed by atoms with Gasteiger partial charge in [-0.2, -0.15) is 0 Å². The number of anilines is 6. The smallest absolute Gasteiger partial charge is 0.252 e. The Hall–Kier alpha value is -4.24. The van der Waals surface area contributed by atoms with Crippen molar-refractivity contribution < 1.29 is 4.11 Å². The van der Waals surface area contributed by atoms with Gasteiger partial charge in [-0.1, -0.05) is 30.3 Å². The second-order valence-corrected chi connectivity index (χ2v) is 12.9. The molecule has 0 unspecified atom stereocenters. The summed E-state index contributed by atoms with van der Waals surface area (Å²) in [7, 11) is 0. The Morgan fingerprint density at radius 3 is 1.29 bits per heavy atom. The van der Waals surface area contributed by atoms with Gasteiger partial charge in [0.1, 0.15) is 0 Å². The van der Waals surface area contributed by atoms with Gasteiger partial charge in [0.15, 0.2) is 0 Å². The number of hydrogen-bond donors (Lipinski definition) is 0. The summed E-state index contributed by atoms with van der Waals surface area (Å²) in [4.78, 5) is 4.56. The predicted molar refractivity (Wildman–Crippen MR) is 170 cm³/mol. The van der Waals surface area contributed by atoms with Crippen molar-refractivity contribution in [3.8, 4) is 0 Å². The van der Waals surface area contributed by atoms with Crippen LogP contribution >= 0.6 is 0 Å². The van der Waals surface area contributed by atoms with Crippen molar-refractivity contribution in [3.63, 3.8) is 0 Å². The maximum Gasteiger partial charge on any atom is 0.252 e. The molecule has 5 aromatic rings. The van der Waals surface area contributed by atoms with E-state index < -0.39 is 0 Å². The third kappa shape index (κ3) is 2.66. The standard InChI is InChI=1S/C38H29BN2/c1-2-34-38-35(3-1)41(31-15-13-23-5-7-25(23)17-31)37-21-29-11-9-27(29)19-33(37)39(38)32-18-26-8-10-28(26)20-36(32)40(34)30-14-12-22-4-6-24(22)16-30/h1-3,12-21H,4-11H2/i1D,2D,3D. The molecule has 2 nitrogen and oxygen atoms in total. The van der Waals surface area contributed by atoms with Crippen LogP contribution in [0.2, 0.25) is 0 Å². The van der Waals surface area contributed by atoms with E-state index in [-0.39, 0.29) is 24.8 Å². The van der Waals surface area contributed by atoms with Crippen LogP contribution in [0.3, 0.4) is 0 Å². The zero-order valence-electron chi connectivity index (χ0n) is 25.9. The van der Waals surface area contributed by atoms with Crippen LogP contribution < -0.4 is 26.2 Å². The number of rotatable bonds is 2. The first-order valence-electron chi connectivity index (χ1n) is 16.8. The third-order valence-electron chi connectivity index (χ3n) is 11.0. The van der Waals surface area contributed by atoms with Crippen LogP contribution in [-0.4, -0.2) is 6.71 Å². The largest absolute Gasteiger partial charge is 0.311 e. The molecule has 2 aliphatic heterocycles. The minimum absolute atomic E-state index is 0.000140. The Morgan fingerprint density at radius 2 is 0.878 bits per heavy atom. The zero-order valence-corrected chi connectivity index (χ0v) is 22.9. The summed E-state index contributed by atoms with van der Waals surface area (Å²) in [5.41, 5.74) is 20.7. The Kier molecular flexibility index (Phi) is 3.40. The molecule has 3 heteroatoms. The van der Waals surface area contributed by atoms with Gasteiger partial charge in [-0.25, -0.2) is 0 Å². The van der Waals surface area contributed by atoms with Crippen molar-refractivity contribution in [2.75, 3.05) is 9.80 Å². The van der Waals surface area contributed by atoms with Gasteiger partial charge in [0, 0.05) is 34.1 Å². The molecule has 0 bridgehead atoms. The van der Waals surface area contributed by atoms with Crippen LogP contribution in [0.15, 0.2) is 78.8 Å². The van der Waals surface area contributed by atoms with Gasteiger partial charge in [0.05, 0.1) is 4.11 Å². The first-order chi connectivity index (χ1) is 21.5. The summed E-state index contributed by atoms with van der Waals surface area (Å²) < 4.78 is 28.2. The van der Waals surface area contributed by atoms with Gasteiger partial charge in [-0.3, -0.25) is 0 Å². The van der Waals surface area contributed by atoms with Gasteiger partial charge in [-0.05, 0) is 161 Å². The fraction of sp³-hybridized carbons (Fsp3) is 0.211. The van der Waals surface area contributed by atoms with Crippen LogP contribution in [0.25, 0.3) is 0 Å². The highest BCUT2D eigenvalue weighted by Crippen LogP contribution is 2.47. The molecule has 2 heterocycles. The molecule has 0 atom stereocenters. The molecule has 11 rings (SSSR count). The van der Waals surface area contributed by atoms with Crippen molar-refractivity contribution in [1.29, 1.82) is 0 Å². The molecule has 0 spiro atoms. The lowest BCUT2D eigenvalue weighted by Crippen LogP contribution is -2.62. The average Bonchev–Trinajstić information content (AvgIpc) is 2.97. The molecular formula is C38H29BN2. The number of nitrogens with zero attached hydrogens (tertiary/aromatic N) is 2. The van der Waals surface area contributed by atoms with E-state index in [0.717, 1.165) is 91.0 Å². The van der Waals surface area contributed by atoms with Crippen molar-refractivity contribution in [2.24, 2.45) is 0 Å². The predicted octanol–water partition coefficient (Wildman–Crippen LogP) is 6.16. The minimum atomic E-state index is -0.0820. The highest BCUT2D eigenvalue weighted by atomic mass is 15.2. The fourth-order valence-electron chi connectivity index (χ4n) is 8.28. The lowest BCUT2D eigenvalue weighted by Gasteiger charge is -2.46. The van der Waals surface area contributed by atoms with E-state index in [1.165, 1.54) is 55.4 Å². The van der Waals surface area contributed by atoms with Crippen molar-refractivity contribution in [1.82, 2.24) is 0 Å². The van der Waals surface area contributed by atoms with Crippen LogP contribution in [0, 0.1) is 0 Å². The zero-order chi connectivity index (χ0) is 29.0. The molecule has 0 amide bonds. The Morgan fingerprint density at radius 1 is 0.463 bits per heavy atom. The maximum absolute atomic E-state index is 9.49. The van der Waals surface area contributed by atoms with Crippen molar-refractivity contribution >= 4 is 57.2 Å². The van der Waals surface area contributed by atoms with Crippen molar-refractivity contribution in [2.45, 2.75) is 51.4 Å². The molecule has 6 aliphatic rings. The van der Waals surface area contributed by atoms with E-state index in [4.69, 9.17) is 0 Å². The lowest BCUT2D eigenvalue weighted by atomic mass is 9.33. The summed E-state index contributed by atoms with van der Waals surface area (Å²) in [6.45, 7) is -0.0820. The molecule has 41 heavy (non-hydrogen) atoms. The average molecular weight is 527 g/mol. The summed E-state index contributed by atoms with van der Waals surface area (Å²) in [6, 6.07) is 23.5. The van der Waals surface area contributed by atoms with Gasteiger partial charge in [-0.15, -0.1) is 0 Å². The first-order valence-corrected chi connectivity index (χ1v) is 15.3. The highest BCUT2D eigenvalue weighted by Gasteiger charge is 2.44. The number of aryl methyl sites for hydroxylation is 8. The van der Waals surface area contributed by atoms with Crippen LogP contribution in [0.5, 0.6) is 0 Å². The van der Waals surface area contributed by atoms with Crippen LogP contribution in [0.1, 0.15) is 48.6 Å². The Bertz CT molecular complexity index is 2050. The van der Waals surface area contributed by atoms with E-state index >= 15 is 0 Å². The van der Waals surface area contributed by atoms with Gasteiger partial charge >= 0.3 is 0 Å². The number of fused-ring (bicyclic) bond motifs is 8. The topological polar surface area (TPSA) is 6.48 Å². The molecule has 0 saturated carbocycles. The quantitative estimate of drug-likeness (QED) is 0.249. The monoisotopic (exact) mass is 527 g/mol. The van der Waals surface area contributed by atoms with Crippen molar-refractivity contribution in [3.05, 3.63) is 123 Å². The summed E-state index contributed by atoms with van der Waals surface area (Å²) in [6.07, 6.45) is 8.80. The fourth-order valence-corrected chi connectivity index (χ4v) is 8.28.